The Bertz CT molecular complexity index is 660. The molecule has 0 spiro atoms. The molecule has 0 aliphatic carbocycles. The molecule has 0 fully saturated rings. The second-order valence-electron chi connectivity index (χ2n) is 8.69. The van der Waals surface area contributed by atoms with Crippen molar-refractivity contribution in [3.8, 4) is 0 Å². The molecule has 0 rings (SSSR count). The summed E-state index contributed by atoms with van der Waals surface area (Å²) in [6.45, 7) is 6.63. The van der Waals surface area contributed by atoms with Gasteiger partial charge in [0.2, 0.25) is 0 Å². The van der Waals surface area contributed by atoms with Crippen LogP contribution < -0.4 is 0 Å². The minimum absolute atomic E-state index is 1.84. The largest absolute Gasteiger partial charge is 0.302 e. The van der Waals surface area contributed by atoms with Gasteiger partial charge in [-0.15, -0.1) is 0 Å². The van der Waals surface area contributed by atoms with Crippen LogP contribution in [0.1, 0.15) is 0 Å². The van der Waals surface area contributed by atoms with Crippen LogP contribution in [-0.2, 0) is 0 Å². The van der Waals surface area contributed by atoms with Gasteiger partial charge in [-0.3, -0.25) is 28.0 Å². The normalized spacial score (nSPS) is 14.5. The fraction of sp³-hybridized carbons (Fsp3) is 1.00. The Balaban J connectivity index is 7.87. The van der Waals surface area contributed by atoms with Gasteiger partial charge < -0.3 is 0 Å². The van der Waals surface area contributed by atoms with Gasteiger partial charge >= 0.3 is 7.51 Å². The van der Waals surface area contributed by atoms with E-state index in [0.717, 1.165) is 0 Å². The molecule has 0 radical (unpaired) electrons. The van der Waals surface area contributed by atoms with Gasteiger partial charge in [0.1, 0.15) is 22.1 Å². The monoisotopic (exact) mass is 504 g/mol. The van der Waals surface area contributed by atoms with Gasteiger partial charge in [0.05, 0.1) is 0 Å². The molecule has 0 aromatic rings. The first-order chi connectivity index (χ1) is 13.3. The molecule has 0 atom stereocenters. The summed E-state index contributed by atoms with van der Waals surface area (Å²) in [5, 5.41) is 0. The van der Waals surface area contributed by atoms with Crippen molar-refractivity contribution >= 4 is 29.6 Å². The van der Waals surface area contributed by atoms with Crippen LogP contribution in [0.25, 0.3) is 0 Å². The Morgan fingerprint density at radius 2 is 0.567 bits per heavy atom. The van der Waals surface area contributed by atoms with Crippen molar-refractivity contribution in [2.75, 3.05) is 112 Å². The molecule has 30 heavy (non-hydrogen) atoms. The van der Waals surface area contributed by atoms with E-state index in [9.17, 15) is 0 Å². The van der Waals surface area contributed by atoms with Crippen molar-refractivity contribution in [2.45, 2.75) is 0 Å². The predicted molar refractivity (Wildman–Crippen MR) is 143 cm³/mol. The molecule has 0 amide bonds. The summed E-state index contributed by atoms with van der Waals surface area (Å²) in [4.78, 5) is 0. The molecule has 0 aromatic carbocycles. The van der Waals surface area contributed by atoms with E-state index in [1.165, 1.54) is 0 Å². The van der Waals surface area contributed by atoms with E-state index in [1.807, 2.05) is 7.05 Å². The summed E-state index contributed by atoms with van der Waals surface area (Å²) in [6, 6.07) is 0. The minimum atomic E-state index is -2.77. The molecule has 0 saturated carbocycles. The molecule has 0 heterocycles. The first-order valence-electron chi connectivity index (χ1n) is 9.76. The average molecular weight is 505 g/mol. The number of rotatable bonds is 9. The zero-order valence-corrected chi connectivity index (χ0v) is 25.8. The van der Waals surface area contributed by atoms with Gasteiger partial charge in [-0.1, -0.05) is 0 Å². The highest BCUT2D eigenvalue weighted by molar-refractivity contribution is 7.81. The van der Waals surface area contributed by atoms with Gasteiger partial charge in [0, 0.05) is 7.05 Å². The second-order valence-corrected chi connectivity index (χ2v) is 22.3. The Hall–Kier alpha value is 0.680. The van der Waals surface area contributed by atoms with Crippen LogP contribution in [0.3, 0.4) is 0 Å². The van der Waals surface area contributed by atoms with Crippen molar-refractivity contribution in [1.29, 1.82) is 0 Å². The van der Waals surface area contributed by atoms with Gasteiger partial charge in [-0.2, -0.15) is 13.5 Å². The molecule has 0 aliphatic rings. The zero-order chi connectivity index (χ0) is 24.3. The van der Waals surface area contributed by atoms with E-state index in [4.69, 9.17) is 18.3 Å². The molecule has 182 valence electrons. The van der Waals surface area contributed by atoms with Crippen LogP contribution in [0.4, 0.5) is 0 Å². The third-order valence-corrected chi connectivity index (χ3v) is 22.3. The van der Waals surface area contributed by atoms with Gasteiger partial charge in [-0.25, -0.2) is 4.74 Å². The Morgan fingerprint density at radius 1 is 0.400 bits per heavy atom. The van der Waals surface area contributed by atoms with Crippen molar-refractivity contribution in [1.82, 2.24) is 28.0 Å². The number of hydrogen-bond acceptors (Lipinski definition) is 1. The molecular formula is C16H48N10P4. The van der Waals surface area contributed by atoms with E-state index in [0.29, 0.717) is 0 Å². The summed E-state index contributed by atoms with van der Waals surface area (Å²) < 4.78 is 34.6. The van der Waals surface area contributed by atoms with E-state index in [2.05, 4.69) is 133 Å². The quantitative estimate of drug-likeness (QED) is 0.416. The molecule has 0 N–H and O–H groups in total. The van der Waals surface area contributed by atoms with Gasteiger partial charge in [-0.05, 0) is 105 Å². The maximum Gasteiger partial charge on any atom is 0.302 e. The van der Waals surface area contributed by atoms with Crippen LogP contribution in [0, 0.1) is 0 Å². The lowest BCUT2D eigenvalue weighted by Gasteiger charge is -2.39. The highest BCUT2D eigenvalue weighted by Gasteiger charge is 2.33. The van der Waals surface area contributed by atoms with Gasteiger partial charge in [0.25, 0.3) is 0 Å². The Labute approximate surface area is 187 Å². The molecule has 0 bridgehead atoms. The molecule has 0 aromatic heterocycles. The van der Waals surface area contributed by atoms with Crippen molar-refractivity contribution < 1.29 is 0 Å². The molecule has 14 heteroatoms. The maximum atomic E-state index is 5.48. The van der Waals surface area contributed by atoms with E-state index >= 15 is 0 Å². The maximum absolute atomic E-state index is 5.48. The Kier molecular flexibility index (Phi) is 11.5. The van der Waals surface area contributed by atoms with Crippen molar-refractivity contribution in [3.05, 3.63) is 0 Å². The summed E-state index contributed by atoms with van der Waals surface area (Å²) >= 11 is 0. The summed E-state index contributed by atoms with van der Waals surface area (Å²) in [7, 11) is 18.0. The van der Waals surface area contributed by atoms with Crippen LogP contribution in [0.2, 0.25) is 0 Å². The van der Waals surface area contributed by atoms with Crippen LogP contribution in [0.15, 0.2) is 18.3 Å². The van der Waals surface area contributed by atoms with Crippen molar-refractivity contribution in [3.63, 3.8) is 0 Å². The first kappa shape index (κ1) is 30.7. The highest BCUT2D eigenvalue weighted by Crippen LogP contribution is 2.75. The van der Waals surface area contributed by atoms with E-state index in [-0.39, 0.29) is 0 Å². The summed E-state index contributed by atoms with van der Waals surface area (Å²) in [5.74, 6) is 0. The lowest BCUT2D eigenvalue weighted by atomic mass is 11.3. The van der Waals surface area contributed by atoms with E-state index < -0.39 is 29.6 Å². The lowest BCUT2D eigenvalue weighted by molar-refractivity contribution is 0.565. The zero-order valence-electron chi connectivity index (χ0n) is 22.3. The first-order valence-corrected chi connectivity index (χ1v) is 17.6. The van der Waals surface area contributed by atoms with Gasteiger partial charge in [0.15, 0.2) is 0 Å². The van der Waals surface area contributed by atoms with Crippen LogP contribution >= 0.6 is 29.6 Å². The SMILES string of the molecule is CN=P(N=P(C)(N(C)C)N(C)C)(N=P(C)(N(C)C)N(C)C)N=P(C)(N(C)C)N(C)C. The number of nitrogens with zero attached hydrogens (tertiary/aromatic N) is 10. The Morgan fingerprint density at radius 3 is 0.667 bits per heavy atom. The van der Waals surface area contributed by atoms with Crippen molar-refractivity contribution in [2.24, 2.45) is 18.3 Å². The lowest BCUT2D eigenvalue weighted by Crippen LogP contribution is -2.22. The standard InChI is InChI=1S/C16H48N10P4/c1-17-30(18-27(14,21(2)3)22(4)5,19-28(15,23(6)7)24(8)9)20-29(16,25(10)11)26(12)13/h1-16H3. The minimum Gasteiger partial charge on any atom is -0.264 e. The summed E-state index contributed by atoms with van der Waals surface area (Å²) in [5.41, 5.74) is 0. The van der Waals surface area contributed by atoms with Crippen LogP contribution in [-0.4, -0.2) is 140 Å². The molecule has 0 saturated heterocycles. The third-order valence-electron chi connectivity index (χ3n) is 5.68. The van der Waals surface area contributed by atoms with E-state index in [1.54, 1.807) is 0 Å². The molecule has 0 aliphatic heterocycles. The molecule has 10 nitrogen and oxygen atoms in total. The fourth-order valence-corrected chi connectivity index (χ4v) is 16.2. The second kappa shape index (κ2) is 11.2. The fourth-order valence-electron chi connectivity index (χ4n) is 2.41. The topological polar surface area (TPSA) is 68.9 Å². The molecule has 0 unspecified atom stereocenters. The summed E-state index contributed by atoms with van der Waals surface area (Å²) in [6.07, 6.45) is 0. The average Bonchev–Trinajstić information content (AvgIpc) is 2.60. The van der Waals surface area contributed by atoms with Crippen LogP contribution in [0.5, 0.6) is 0 Å². The smallest absolute Gasteiger partial charge is 0.264 e. The highest BCUT2D eigenvalue weighted by atomic mass is 31.2. The third kappa shape index (κ3) is 6.60. The molecular weight excluding hydrogens is 456 g/mol. The predicted octanol–water partition coefficient (Wildman–Crippen LogP) is 4.92. The number of hydrogen-bond donors (Lipinski definition) is 0.